The number of nitrogens with one attached hydrogen (secondary N) is 1. The van der Waals surface area contributed by atoms with Gasteiger partial charge in [0.05, 0.1) is 22.8 Å². The quantitative estimate of drug-likeness (QED) is 0.743. The van der Waals surface area contributed by atoms with Crippen LogP contribution in [-0.2, 0) is 11.2 Å². The molecular formula is C16H21Cl3N4O. The first-order valence-corrected chi connectivity index (χ1v) is 8.17. The number of hydrogen-bond acceptors (Lipinski definition) is 3. The zero-order valence-electron chi connectivity index (χ0n) is 13.6. The predicted octanol–water partition coefficient (Wildman–Crippen LogP) is 3.23. The average Bonchev–Trinajstić information content (AvgIpc) is 2.76. The molecule has 132 valence electrons. The SMILES string of the molecule is Cc1nn(-c2ccc(Cl)cc2Cl)c(C)c1CC(=O)NCCCN.Cl. The summed E-state index contributed by atoms with van der Waals surface area (Å²) in [7, 11) is 0. The Morgan fingerprint density at radius 1 is 1.33 bits per heavy atom. The number of halogens is 3. The second-order valence-electron chi connectivity index (χ2n) is 5.33. The maximum Gasteiger partial charge on any atom is 0.224 e. The van der Waals surface area contributed by atoms with Crippen LogP contribution in [0.3, 0.4) is 0 Å². The average molecular weight is 392 g/mol. The van der Waals surface area contributed by atoms with Gasteiger partial charge >= 0.3 is 0 Å². The highest BCUT2D eigenvalue weighted by Crippen LogP contribution is 2.27. The number of aryl methyl sites for hydroxylation is 1. The predicted molar refractivity (Wildman–Crippen MR) is 101 cm³/mol. The maximum absolute atomic E-state index is 12.0. The maximum atomic E-state index is 12.0. The molecule has 2 aromatic rings. The lowest BCUT2D eigenvalue weighted by Crippen LogP contribution is -2.27. The van der Waals surface area contributed by atoms with Crippen molar-refractivity contribution in [2.75, 3.05) is 13.1 Å². The van der Waals surface area contributed by atoms with Crippen LogP contribution in [0.5, 0.6) is 0 Å². The summed E-state index contributed by atoms with van der Waals surface area (Å²) in [5.74, 6) is -0.0357. The lowest BCUT2D eigenvalue weighted by Gasteiger charge is -2.08. The molecule has 8 heteroatoms. The molecular weight excluding hydrogens is 371 g/mol. The Balaban J connectivity index is 0.00000288. The minimum absolute atomic E-state index is 0. The smallest absolute Gasteiger partial charge is 0.224 e. The van der Waals surface area contributed by atoms with Gasteiger partial charge in [-0.05, 0) is 45.0 Å². The summed E-state index contributed by atoms with van der Waals surface area (Å²) in [6, 6.07) is 5.25. The van der Waals surface area contributed by atoms with Crippen LogP contribution in [0.1, 0.15) is 23.4 Å². The highest BCUT2D eigenvalue weighted by molar-refractivity contribution is 6.35. The van der Waals surface area contributed by atoms with Crippen LogP contribution in [0.4, 0.5) is 0 Å². The van der Waals surface area contributed by atoms with Crippen molar-refractivity contribution in [2.45, 2.75) is 26.7 Å². The molecule has 0 fully saturated rings. The molecule has 0 unspecified atom stereocenters. The molecule has 0 saturated heterocycles. The summed E-state index contributed by atoms with van der Waals surface area (Å²) >= 11 is 12.2. The lowest BCUT2D eigenvalue weighted by atomic mass is 10.1. The van der Waals surface area contributed by atoms with E-state index in [0.29, 0.717) is 23.1 Å². The number of amides is 1. The number of aromatic nitrogens is 2. The zero-order chi connectivity index (χ0) is 17.0. The number of carbonyl (C=O) groups is 1. The molecule has 0 aliphatic heterocycles. The fraction of sp³-hybridized carbons (Fsp3) is 0.375. The van der Waals surface area contributed by atoms with Crippen molar-refractivity contribution in [1.29, 1.82) is 0 Å². The Kier molecular flexibility index (Phi) is 8.03. The second kappa shape index (κ2) is 9.28. The van der Waals surface area contributed by atoms with Crippen LogP contribution in [0.15, 0.2) is 18.2 Å². The minimum Gasteiger partial charge on any atom is -0.356 e. The van der Waals surface area contributed by atoms with Gasteiger partial charge < -0.3 is 11.1 Å². The highest BCUT2D eigenvalue weighted by atomic mass is 35.5. The van der Waals surface area contributed by atoms with Gasteiger partial charge in [0.15, 0.2) is 0 Å². The summed E-state index contributed by atoms with van der Waals surface area (Å²) in [4.78, 5) is 12.0. The van der Waals surface area contributed by atoms with E-state index in [9.17, 15) is 4.79 Å². The van der Waals surface area contributed by atoms with E-state index in [1.54, 1.807) is 16.8 Å². The van der Waals surface area contributed by atoms with Crippen LogP contribution < -0.4 is 11.1 Å². The molecule has 0 aliphatic carbocycles. The molecule has 3 N–H and O–H groups in total. The molecule has 1 amide bonds. The number of hydrogen-bond donors (Lipinski definition) is 2. The van der Waals surface area contributed by atoms with E-state index >= 15 is 0 Å². The first kappa shape index (κ1) is 20.8. The van der Waals surface area contributed by atoms with Crippen LogP contribution in [0.25, 0.3) is 5.69 Å². The van der Waals surface area contributed by atoms with Gasteiger partial charge in [0, 0.05) is 22.8 Å². The van der Waals surface area contributed by atoms with Crippen molar-refractivity contribution in [2.24, 2.45) is 5.73 Å². The van der Waals surface area contributed by atoms with Crippen molar-refractivity contribution in [3.8, 4) is 5.69 Å². The number of rotatable bonds is 6. The molecule has 1 aromatic heterocycles. The van der Waals surface area contributed by atoms with Gasteiger partial charge in [-0.15, -0.1) is 12.4 Å². The molecule has 24 heavy (non-hydrogen) atoms. The Morgan fingerprint density at radius 3 is 2.67 bits per heavy atom. The van der Waals surface area contributed by atoms with Crippen molar-refractivity contribution in [3.63, 3.8) is 0 Å². The standard InChI is InChI=1S/C16H20Cl2N4O.ClH/c1-10-13(9-16(23)20-7-3-6-19)11(2)22(21-10)15-5-4-12(17)8-14(15)18;/h4-5,8H,3,6-7,9,19H2,1-2H3,(H,20,23);1H. The highest BCUT2D eigenvalue weighted by Gasteiger charge is 2.17. The minimum atomic E-state index is -0.0357. The summed E-state index contributed by atoms with van der Waals surface area (Å²) in [5.41, 5.74) is 8.76. The van der Waals surface area contributed by atoms with E-state index in [2.05, 4.69) is 10.4 Å². The van der Waals surface area contributed by atoms with Gasteiger partial charge in [0.1, 0.15) is 0 Å². The van der Waals surface area contributed by atoms with Crippen molar-refractivity contribution >= 4 is 41.5 Å². The van der Waals surface area contributed by atoms with E-state index in [4.69, 9.17) is 28.9 Å². The monoisotopic (exact) mass is 390 g/mol. The van der Waals surface area contributed by atoms with Crippen molar-refractivity contribution in [3.05, 3.63) is 45.2 Å². The second-order valence-corrected chi connectivity index (χ2v) is 6.17. The van der Waals surface area contributed by atoms with E-state index in [0.717, 1.165) is 29.1 Å². The molecule has 1 aromatic carbocycles. The normalized spacial score (nSPS) is 10.4. The Morgan fingerprint density at radius 2 is 2.04 bits per heavy atom. The van der Waals surface area contributed by atoms with Gasteiger partial charge in [-0.3, -0.25) is 4.79 Å². The summed E-state index contributed by atoms with van der Waals surface area (Å²) < 4.78 is 1.75. The third kappa shape index (κ3) is 4.86. The van der Waals surface area contributed by atoms with Gasteiger partial charge in [-0.25, -0.2) is 4.68 Å². The lowest BCUT2D eigenvalue weighted by molar-refractivity contribution is -0.120. The Bertz CT molecular complexity index is 716. The summed E-state index contributed by atoms with van der Waals surface area (Å²) in [6.07, 6.45) is 1.05. The third-order valence-corrected chi connectivity index (χ3v) is 4.16. The summed E-state index contributed by atoms with van der Waals surface area (Å²) in [5, 5.41) is 8.45. The fourth-order valence-corrected chi connectivity index (χ4v) is 2.86. The largest absolute Gasteiger partial charge is 0.356 e. The molecule has 0 spiro atoms. The Labute approximate surface area is 157 Å². The molecule has 5 nitrogen and oxygen atoms in total. The molecule has 0 bridgehead atoms. The van der Waals surface area contributed by atoms with Crippen LogP contribution in [0.2, 0.25) is 10.0 Å². The van der Waals surface area contributed by atoms with E-state index < -0.39 is 0 Å². The summed E-state index contributed by atoms with van der Waals surface area (Å²) in [6.45, 7) is 4.96. The first-order valence-electron chi connectivity index (χ1n) is 7.41. The number of carbonyl (C=O) groups excluding carboxylic acids is 1. The molecule has 0 aliphatic rings. The molecule has 0 radical (unpaired) electrons. The third-order valence-electron chi connectivity index (χ3n) is 3.62. The number of benzene rings is 1. The number of nitrogens with two attached hydrogens (primary N) is 1. The van der Waals surface area contributed by atoms with Crippen LogP contribution in [-0.4, -0.2) is 28.8 Å². The zero-order valence-corrected chi connectivity index (χ0v) is 15.9. The van der Waals surface area contributed by atoms with Gasteiger partial charge in [-0.1, -0.05) is 23.2 Å². The van der Waals surface area contributed by atoms with E-state index in [-0.39, 0.29) is 24.7 Å². The Hall–Kier alpha value is -1.27. The molecule has 1 heterocycles. The molecule has 0 atom stereocenters. The van der Waals surface area contributed by atoms with Crippen molar-refractivity contribution < 1.29 is 4.79 Å². The van der Waals surface area contributed by atoms with Crippen LogP contribution in [0, 0.1) is 13.8 Å². The van der Waals surface area contributed by atoms with Crippen molar-refractivity contribution in [1.82, 2.24) is 15.1 Å². The van der Waals surface area contributed by atoms with Crippen LogP contribution >= 0.6 is 35.6 Å². The topological polar surface area (TPSA) is 72.9 Å². The van der Waals surface area contributed by atoms with E-state index in [1.807, 2.05) is 19.9 Å². The number of nitrogens with zero attached hydrogens (tertiary/aromatic N) is 2. The molecule has 0 saturated carbocycles. The first-order chi connectivity index (χ1) is 10.9. The van der Waals surface area contributed by atoms with Gasteiger partial charge in [-0.2, -0.15) is 5.10 Å². The van der Waals surface area contributed by atoms with Gasteiger partial charge in [0.25, 0.3) is 0 Å². The van der Waals surface area contributed by atoms with Gasteiger partial charge in [0.2, 0.25) is 5.91 Å². The molecule has 2 rings (SSSR count). The fourth-order valence-electron chi connectivity index (χ4n) is 2.37. The van der Waals surface area contributed by atoms with E-state index in [1.165, 1.54) is 0 Å².